The van der Waals surface area contributed by atoms with E-state index in [1.807, 2.05) is 12.1 Å². The molecular formula is C29H17N3O6. The number of rotatable bonds is 8. The molecule has 38 heavy (non-hydrogen) atoms. The maximum atomic E-state index is 13.2. The van der Waals surface area contributed by atoms with Crippen LogP contribution in [0.25, 0.3) is 0 Å². The number of ether oxygens (including phenoxy) is 2. The van der Waals surface area contributed by atoms with Crippen molar-refractivity contribution in [3.63, 3.8) is 0 Å². The Morgan fingerprint density at radius 2 is 1.47 bits per heavy atom. The zero-order valence-corrected chi connectivity index (χ0v) is 19.6. The summed E-state index contributed by atoms with van der Waals surface area (Å²) in [6.07, 6.45) is -1.34. The first-order valence-corrected chi connectivity index (χ1v) is 11.2. The molecule has 1 atom stereocenters. The second-order valence-corrected chi connectivity index (χ2v) is 7.89. The van der Waals surface area contributed by atoms with E-state index in [0.717, 1.165) is 0 Å². The van der Waals surface area contributed by atoms with Crippen LogP contribution < -0.4 is 4.74 Å². The molecule has 0 aliphatic rings. The van der Waals surface area contributed by atoms with Gasteiger partial charge in [-0.3, -0.25) is 14.9 Å². The average Bonchev–Trinajstić information content (AvgIpc) is 2.96. The van der Waals surface area contributed by atoms with Crippen LogP contribution in [-0.4, -0.2) is 16.7 Å². The average molecular weight is 503 g/mol. The van der Waals surface area contributed by atoms with E-state index in [1.54, 1.807) is 42.5 Å². The molecule has 0 N–H and O–H groups in total. The SMILES string of the molecule is N#Cc1cccc(Oc2ccc(C(=O)O[C@H](C(=O)c3ccccc3)c3ccc([N+](=O)[O-])cc3)cc2)c1C#N. The molecule has 4 rings (SSSR count). The highest BCUT2D eigenvalue weighted by atomic mass is 16.6. The van der Waals surface area contributed by atoms with Gasteiger partial charge >= 0.3 is 5.97 Å². The molecule has 0 spiro atoms. The van der Waals surface area contributed by atoms with E-state index < -0.39 is 22.8 Å². The van der Waals surface area contributed by atoms with Crippen LogP contribution in [0.4, 0.5) is 5.69 Å². The highest BCUT2D eigenvalue weighted by Crippen LogP contribution is 2.29. The number of hydrogen-bond acceptors (Lipinski definition) is 8. The minimum Gasteiger partial charge on any atom is -0.456 e. The summed E-state index contributed by atoms with van der Waals surface area (Å²) in [5.41, 5.74) is 0.798. The molecule has 0 unspecified atom stereocenters. The molecule has 4 aromatic carbocycles. The predicted molar refractivity (Wildman–Crippen MR) is 134 cm³/mol. The zero-order chi connectivity index (χ0) is 27.1. The molecule has 0 fully saturated rings. The van der Waals surface area contributed by atoms with Crippen LogP contribution in [0.5, 0.6) is 11.5 Å². The number of non-ortho nitro benzene ring substituents is 1. The van der Waals surface area contributed by atoms with Gasteiger partial charge in [0.2, 0.25) is 5.78 Å². The lowest BCUT2D eigenvalue weighted by Crippen LogP contribution is -2.20. The van der Waals surface area contributed by atoms with Crippen molar-refractivity contribution in [2.75, 3.05) is 0 Å². The highest BCUT2D eigenvalue weighted by molar-refractivity contribution is 6.02. The number of benzene rings is 4. The standard InChI is InChI=1S/C29H17N3O6/c30-17-22-7-4-8-26(25(22)18-31)37-24-15-11-21(12-16-24)29(34)38-28(27(33)19-5-2-1-3-6-19)20-9-13-23(14-10-20)32(35)36/h1-16,28H/t28-/m0/s1. The van der Waals surface area contributed by atoms with Gasteiger partial charge < -0.3 is 9.47 Å². The number of carbonyl (C=O) groups excluding carboxylic acids is 2. The second kappa shape index (κ2) is 11.3. The second-order valence-electron chi connectivity index (χ2n) is 7.89. The lowest BCUT2D eigenvalue weighted by atomic mass is 9.99. The Labute approximate surface area is 216 Å². The smallest absolute Gasteiger partial charge is 0.339 e. The van der Waals surface area contributed by atoms with E-state index in [2.05, 4.69) is 0 Å². The number of nitro groups is 1. The Bertz CT molecular complexity index is 1590. The molecule has 0 radical (unpaired) electrons. The van der Waals surface area contributed by atoms with Crippen LogP contribution in [0.1, 0.15) is 43.5 Å². The molecule has 9 heteroatoms. The van der Waals surface area contributed by atoms with Crippen molar-refractivity contribution in [3.05, 3.63) is 135 Å². The predicted octanol–water partition coefficient (Wildman–Crippen LogP) is 5.91. The number of Topliss-reactive ketones (excluding diaryl/α,β-unsaturated/α-hetero) is 1. The Morgan fingerprint density at radius 1 is 0.789 bits per heavy atom. The number of nitriles is 2. The third-order valence-electron chi connectivity index (χ3n) is 5.50. The van der Waals surface area contributed by atoms with Crippen molar-refractivity contribution in [1.29, 1.82) is 10.5 Å². The lowest BCUT2D eigenvalue weighted by Gasteiger charge is -2.18. The van der Waals surface area contributed by atoms with Gasteiger partial charge in [-0.15, -0.1) is 0 Å². The fourth-order valence-corrected chi connectivity index (χ4v) is 3.58. The van der Waals surface area contributed by atoms with E-state index >= 15 is 0 Å². The third kappa shape index (κ3) is 5.54. The quantitative estimate of drug-likeness (QED) is 0.125. The summed E-state index contributed by atoms with van der Waals surface area (Å²) in [6, 6.07) is 27.8. The highest BCUT2D eigenvalue weighted by Gasteiger charge is 2.27. The Morgan fingerprint density at radius 3 is 2.08 bits per heavy atom. The van der Waals surface area contributed by atoms with Crippen LogP contribution in [0.3, 0.4) is 0 Å². The minimum atomic E-state index is -1.34. The van der Waals surface area contributed by atoms with Crippen molar-refractivity contribution >= 4 is 17.4 Å². The van der Waals surface area contributed by atoms with Crippen molar-refractivity contribution in [3.8, 4) is 23.6 Å². The molecule has 0 amide bonds. The van der Waals surface area contributed by atoms with Gasteiger partial charge in [-0.05, 0) is 48.5 Å². The maximum absolute atomic E-state index is 13.2. The van der Waals surface area contributed by atoms with Crippen molar-refractivity contribution in [2.45, 2.75) is 6.10 Å². The first-order chi connectivity index (χ1) is 18.4. The topological polar surface area (TPSA) is 143 Å². The Balaban J connectivity index is 1.57. The zero-order valence-electron chi connectivity index (χ0n) is 19.6. The van der Waals surface area contributed by atoms with E-state index in [9.17, 15) is 30.2 Å². The molecule has 0 saturated heterocycles. The number of esters is 1. The summed E-state index contributed by atoms with van der Waals surface area (Å²) in [5, 5.41) is 29.6. The lowest BCUT2D eigenvalue weighted by molar-refractivity contribution is -0.384. The fraction of sp³-hybridized carbons (Fsp3) is 0.0345. The van der Waals surface area contributed by atoms with Crippen molar-refractivity contribution < 1.29 is 24.0 Å². The van der Waals surface area contributed by atoms with Gasteiger partial charge in [-0.1, -0.05) is 36.4 Å². The largest absolute Gasteiger partial charge is 0.456 e. The molecule has 9 nitrogen and oxygen atoms in total. The van der Waals surface area contributed by atoms with E-state index in [0.29, 0.717) is 11.3 Å². The summed E-state index contributed by atoms with van der Waals surface area (Å²) in [5.74, 6) is -0.795. The molecule has 0 bridgehead atoms. The number of nitro benzene ring substituents is 1. The first-order valence-electron chi connectivity index (χ1n) is 11.2. The van der Waals surface area contributed by atoms with Gasteiger partial charge in [0.1, 0.15) is 29.2 Å². The first kappa shape index (κ1) is 25.3. The van der Waals surface area contributed by atoms with Gasteiger partial charge in [0.25, 0.3) is 5.69 Å². The van der Waals surface area contributed by atoms with Gasteiger partial charge in [0.05, 0.1) is 16.1 Å². The van der Waals surface area contributed by atoms with Gasteiger partial charge in [0.15, 0.2) is 6.10 Å². The number of nitrogens with zero attached hydrogens (tertiary/aromatic N) is 3. The molecule has 0 aromatic heterocycles. The molecule has 4 aromatic rings. The van der Waals surface area contributed by atoms with Gasteiger partial charge in [-0.2, -0.15) is 10.5 Å². The van der Waals surface area contributed by atoms with Gasteiger partial charge in [-0.25, -0.2) is 4.79 Å². The molecule has 0 aliphatic heterocycles. The summed E-state index contributed by atoms with van der Waals surface area (Å²) in [4.78, 5) is 36.7. The summed E-state index contributed by atoms with van der Waals surface area (Å²) < 4.78 is 11.3. The fourth-order valence-electron chi connectivity index (χ4n) is 3.58. The Hall–Kier alpha value is -5.80. The number of hydrogen-bond donors (Lipinski definition) is 0. The molecule has 184 valence electrons. The molecule has 0 saturated carbocycles. The van der Waals surface area contributed by atoms with Crippen LogP contribution in [0, 0.1) is 32.8 Å². The molecular weight excluding hydrogens is 486 g/mol. The number of carbonyl (C=O) groups is 2. The monoisotopic (exact) mass is 503 g/mol. The maximum Gasteiger partial charge on any atom is 0.339 e. The summed E-state index contributed by atoms with van der Waals surface area (Å²) in [7, 11) is 0. The van der Waals surface area contributed by atoms with E-state index in [-0.39, 0.29) is 33.7 Å². The van der Waals surface area contributed by atoms with E-state index in [1.165, 1.54) is 54.6 Å². The van der Waals surface area contributed by atoms with Crippen LogP contribution in [0.2, 0.25) is 0 Å². The minimum absolute atomic E-state index is 0.0869. The van der Waals surface area contributed by atoms with Crippen LogP contribution >= 0.6 is 0 Å². The van der Waals surface area contributed by atoms with Crippen LogP contribution in [0.15, 0.2) is 97.1 Å². The van der Waals surface area contributed by atoms with Crippen LogP contribution in [-0.2, 0) is 4.74 Å². The summed E-state index contributed by atoms with van der Waals surface area (Å²) >= 11 is 0. The normalized spacial score (nSPS) is 10.9. The third-order valence-corrected chi connectivity index (χ3v) is 5.50. The summed E-state index contributed by atoms with van der Waals surface area (Å²) in [6.45, 7) is 0. The van der Waals surface area contributed by atoms with E-state index in [4.69, 9.17) is 9.47 Å². The van der Waals surface area contributed by atoms with Crippen molar-refractivity contribution in [1.82, 2.24) is 0 Å². The Kier molecular flexibility index (Phi) is 7.52. The van der Waals surface area contributed by atoms with Gasteiger partial charge in [0, 0.05) is 23.3 Å². The molecule has 0 heterocycles. The number of ketones is 1. The van der Waals surface area contributed by atoms with Crippen molar-refractivity contribution in [2.24, 2.45) is 0 Å². The molecule has 0 aliphatic carbocycles.